The smallest absolute Gasteiger partial charge is 0.323 e. The fourth-order valence-electron chi connectivity index (χ4n) is 1.49. The zero-order valence-corrected chi connectivity index (χ0v) is 10.8. The molecular weight excluding hydrogens is 280 g/mol. The fourth-order valence-corrected chi connectivity index (χ4v) is 1.66. The molecular formula is C13H9ClN4O2. The van der Waals surface area contributed by atoms with E-state index in [0.29, 0.717) is 5.69 Å². The maximum absolute atomic E-state index is 11.8. The summed E-state index contributed by atoms with van der Waals surface area (Å²) < 4.78 is 0. The van der Waals surface area contributed by atoms with Gasteiger partial charge in [-0.25, -0.2) is 9.78 Å². The van der Waals surface area contributed by atoms with Crippen molar-refractivity contribution in [3.8, 4) is 11.8 Å². The fraction of sp³-hybridized carbons (Fsp3) is 0. The number of halogens is 1. The van der Waals surface area contributed by atoms with Crippen LogP contribution in [0.15, 0.2) is 36.5 Å². The molecule has 0 saturated heterocycles. The van der Waals surface area contributed by atoms with E-state index in [-0.39, 0.29) is 22.2 Å². The number of carbonyl (C=O) groups is 1. The van der Waals surface area contributed by atoms with Crippen LogP contribution in [0.4, 0.5) is 16.2 Å². The van der Waals surface area contributed by atoms with Gasteiger partial charge in [0, 0.05) is 6.20 Å². The molecule has 7 heteroatoms. The van der Waals surface area contributed by atoms with Crippen LogP contribution in [0.5, 0.6) is 5.75 Å². The van der Waals surface area contributed by atoms with Gasteiger partial charge in [-0.05, 0) is 24.3 Å². The number of benzene rings is 1. The van der Waals surface area contributed by atoms with E-state index in [1.165, 1.54) is 18.3 Å². The lowest BCUT2D eigenvalue weighted by molar-refractivity contribution is 0.262. The van der Waals surface area contributed by atoms with Crippen LogP contribution in [0.2, 0.25) is 5.15 Å². The molecule has 20 heavy (non-hydrogen) atoms. The van der Waals surface area contributed by atoms with Gasteiger partial charge in [0.05, 0.1) is 16.9 Å². The molecule has 2 amide bonds. The van der Waals surface area contributed by atoms with Crippen LogP contribution < -0.4 is 10.6 Å². The van der Waals surface area contributed by atoms with Crippen molar-refractivity contribution >= 4 is 29.0 Å². The summed E-state index contributed by atoms with van der Waals surface area (Å²) in [5.74, 6) is -0.289. The van der Waals surface area contributed by atoms with Crippen molar-refractivity contribution in [2.75, 3.05) is 10.6 Å². The standard InChI is InChI=1S/C13H9ClN4O2/c14-12-10(5-2-6-16-12)18-13(20)17-9-4-1-3-8(7-15)11(9)19/h1-6,19H,(H2,17,18,20). The van der Waals surface area contributed by atoms with Gasteiger partial charge in [0.25, 0.3) is 0 Å². The number of urea groups is 1. The van der Waals surface area contributed by atoms with Gasteiger partial charge < -0.3 is 15.7 Å². The number of phenols is 1. The number of para-hydroxylation sites is 1. The molecule has 0 unspecified atom stereocenters. The predicted octanol–water partition coefficient (Wildman–Crippen LogP) is 2.96. The first-order valence-corrected chi connectivity index (χ1v) is 5.90. The molecule has 0 radical (unpaired) electrons. The number of phenolic OH excluding ortho intramolecular Hbond substituents is 1. The van der Waals surface area contributed by atoms with Crippen LogP contribution >= 0.6 is 11.6 Å². The average molecular weight is 289 g/mol. The third-order valence-electron chi connectivity index (χ3n) is 2.41. The molecule has 2 rings (SSSR count). The minimum atomic E-state index is -0.606. The van der Waals surface area contributed by atoms with Crippen molar-refractivity contribution in [2.45, 2.75) is 0 Å². The van der Waals surface area contributed by atoms with E-state index in [1.54, 1.807) is 18.2 Å². The highest BCUT2D eigenvalue weighted by Crippen LogP contribution is 2.27. The lowest BCUT2D eigenvalue weighted by Gasteiger charge is -2.10. The molecule has 1 aromatic carbocycles. The number of pyridine rings is 1. The average Bonchev–Trinajstić information content (AvgIpc) is 2.44. The molecule has 0 aliphatic carbocycles. The van der Waals surface area contributed by atoms with E-state index < -0.39 is 6.03 Å². The largest absolute Gasteiger partial charge is 0.504 e. The summed E-state index contributed by atoms with van der Waals surface area (Å²) in [6.07, 6.45) is 1.49. The van der Waals surface area contributed by atoms with Crippen LogP contribution in [0.1, 0.15) is 5.56 Å². The molecule has 1 aromatic heterocycles. The summed E-state index contributed by atoms with van der Waals surface area (Å²) in [4.78, 5) is 15.6. The van der Waals surface area contributed by atoms with Crippen molar-refractivity contribution < 1.29 is 9.90 Å². The molecule has 0 atom stereocenters. The zero-order valence-electron chi connectivity index (χ0n) is 10.1. The lowest BCUT2D eigenvalue weighted by atomic mass is 10.2. The molecule has 6 nitrogen and oxygen atoms in total. The predicted molar refractivity (Wildman–Crippen MR) is 74.7 cm³/mol. The van der Waals surface area contributed by atoms with Gasteiger partial charge in [0.1, 0.15) is 6.07 Å². The lowest BCUT2D eigenvalue weighted by Crippen LogP contribution is -2.19. The molecule has 2 aromatic rings. The highest BCUT2D eigenvalue weighted by atomic mass is 35.5. The van der Waals surface area contributed by atoms with Crippen molar-refractivity contribution in [3.05, 3.63) is 47.2 Å². The van der Waals surface area contributed by atoms with Gasteiger partial charge in [0.15, 0.2) is 10.9 Å². The summed E-state index contributed by atoms with van der Waals surface area (Å²) in [5, 5.41) is 23.6. The summed E-state index contributed by atoms with van der Waals surface area (Å²) in [6.45, 7) is 0. The molecule has 0 bridgehead atoms. The molecule has 3 N–H and O–H groups in total. The number of amides is 2. The number of nitriles is 1. The Balaban J connectivity index is 2.14. The quantitative estimate of drug-likeness (QED) is 0.584. The van der Waals surface area contributed by atoms with Crippen LogP contribution in [-0.4, -0.2) is 16.1 Å². The van der Waals surface area contributed by atoms with Crippen molar-refractivity contribution in [3.63, 3.8) is 0 Å². The van der Waals surface area contributed by atoms with E-state index in [0.717, 1.165) is 0 Å². The normalized spacial score (nSPS) is 9.60. The van der Waals surface area contributed by atoms with E-state index in [1.807, 2.05) is 6.07 Å². The van der Waals surface area contributed by atoms with Crippen LogP contribution in [0, 0.1) is 11.3 Å². The number of nitrogens with one attached hydrogen (secondary N) is 2. The van der Waals surface area contributed by atoms with E-state index in [2.05, 4.69) is 15.6 Å². The Bertz CT molecular complexity index is 697. The van der Waals surface area contributed by atoms with Gasteiger partial charge in [-0.3, -0.25) is 0 Å². The first-order chi connectivity index (χ1) is 9.61. The molecule has 100 valence electrons. The van der Waals surface area contributed by atoms with Gasteiger partial charge in [-0.1, -0.05) is 17.7 Å². The molecule has 0 saturated carbocycles. The number of hydrogen-bond acceptors (Lipinski definition) is 4. The third kappa shape index (κ3) is 2.96. The number of hydrogen-bond donors (Lipinski definition) is 3. The Labute approximate surface area is 119 Å². The third-order valence-corrected chi connectivity index (χ3v) is 2.71. The Morgan fingerprint density at radius 2 is 1.95 bits per heavy atom. The molecule has 0 aliphatic heterocycles. The summed E-state index contributed by atoms with van der Waals surface area (Å²) in [6, 6.07) is 8.87. The second-order valence-corrected chi connectivity index (χ2v) is 4.09. The minimum absolute atomic E-state index is 0.0715. The van der Waals surface area contributed by atoms with Crippen LogP contribution in [0.25, 0.3) is 0 Å². The first kappa shape index (κ1) is 13.6. The second kappa shape index (κ2) is 5.91. The van der Waals surface area contributed by atoms with Gasteiger partial charge in [-0.2, -0.15) is 5.26 Å². The highest BCUT2D eigenvalue weighted by molar-refractivity contribution is 6.32. The van der Waals surface area contributed by atoms with Gasteiger partial charge in [-0.15, -0.1) is 0 Å². The maximum atomic E-state index is 11.8. The molecule has 0 spiro atoms. The number of anilines is 2. The van der Waals surface area contributed by atoms with Gasteiger partial charge >= 0.3 is 6.03 Å². The number of nitrogens with zero attached hydrogens (tertiary/aromatic N) is 2. The first-order valence-electron chi connectivity index (χ1n) is 5.52. The van der Waals surface area contributed by atoms with Crippen LogP contribution in [-0.2, 0) is 0 Å². The minimum Gasteiger partial charge on any atom is -0.504 e. The molecule has 1 heterocycles. The summed E-state index contributed by atoms with van der Waals surface area (Å²) >= 11 is 5.80. The van der Waals surface area contributed by atoms with Gasteiger partial charge in [0.2, 0.25) is 0 Å². The van der Waals surface area contributed by atoms with E-state index >= 15 is 0 Å². The number of aromatic hydroxyl groups is 1. The number of aromatic nitrogens is 1. The monoisotopic (exact) mass is 288 g/mol. The van der Waals surface area contributed by atoms with Crippen molar-refractivity contribution in [2.24, 2.45) is 0 Å². The van der Waals surface area contributed by atoms with E-state index in [9.17, 15) is 9.90 Å². The molecule has 0 aliphatic rings. The van der Waals surface area contributed by atoms with Crippen molar-refractivity contribution in [1.29, 1.82) is 5.26 Å². The van der Waals surface area contributed by atoms with Crippen molar-refractivity contribution in [1.82, 2.24) is 4.98 Å². The zero-order chi connectivity index (χ0) is 14.5. The summed E-state index contributed by atoms with van der Waals surface area (Å²) in [7, 11) is 0. The molecule has 0 fully saturated rings. The van der Waals surface area contributed by atoms with Crippen LogP contribution in [0.3, 0.4) is 0 Å². The number of rotatable bonds is 2. The highest BCUT2D eigenvalue weighted by Gasteiger charge is 2.11. The second-order valence-electron chi connectivity index (χ2n) is 3.73. The summed E-state index contributed by atoms with van der Waals surface area (Å²) in [5.41, 5.74) is 0.534. The Morgan fingerprint density at radius 3 is 2.65 bits per heavy atom. The Kier molecular flexibility index (Phi) is 4.03. The Hall–Kier alpha value is -2.78. The maximum Gasteiger partial charge on any atom is 0.323 e. The number of carbonyl (C=O) groups excluding carboxylic acids is 1. The SMILES string of the molecule is N#Cc1cccc(NC(=O)Nc2cccnc2Cl)c1O. The Morgan fingerprint density at radius 1 is 1.25 bits per heavy atom. The topological polar surface area (TPSA) is 98.0 Å². The van der Waals surface area contributed by atoms with E-state index in [4.69, 9.17) is 16.9 Å².